The lowest BCUT2D eigenvalue weighted by Gasteiger charge is -2.32. The van der Waals surface area contributed by atoms with Crippen LogP contribution in [-0.4, -0.2) is 37.6 Å². The number of rotatable bonds is 7. The fourth-order valence-corrected chi connectivity index (χ4v) is 5.65. The van der Waals surface area contributed by atoms with Crippen LogP contribution in [0.3, 0.4) is 0 Å². The number of nitrogens with one attached hydrogen (secondary N) is 1. The molecule has 0 spiro atoms. The maximum absolute atomic E-state index is 13.0. The first-order valence-corrected chi connectivity index (χ1v) is 14.3. The Kier molecular flexibility index (Phi) is 7.78. The molecule has 1 N–H and O–H groups in total. The molecule has 0 aromatic heterocycles. The molecular formula is C32H35BBrNO4. The number of aryl methyl sites for hydroxylation is 1. The van der Waals surface area contributed by atoms with Crippen LogP contribution >= 0.6 is 15.9 Å². The van der Waals surface area contributed by atoms with Crippen molar-refractivity contribution in [2.75, 3.05) is 13.2 Å². The summed E-state index contributed by atoms with van der Waals surface area (Å²) in [6.07, 6.45) is 2.48. The lowest BCUT2D eigenvalue weighted by Crippen LogP contribution is -2.41. The Morgan fingerprint density at radius 1 is 0.974 bits per heavy atom. The minimum atomic E-state index is -0.586. The lowest BCUT2D eigenvalue weighted by atomic mass is 9.76. The van der Waals surface area contributed by atoms with Crippen molar-refractivity contribution in [1.82, 2.24) is 5.32 Å². The Labute approximate surface area is 240 Å². The van der Waals surface area contributed by atoms with Crippen molar-refractivity contribution in [1.29, 1.82) is 0 Å². The van der Waals surface area contributed by atoms with Crippen LogP contribution in [0.5, 0.6) is 0 Å². The van der Waals surface area contributed by atoms with Crippen molar-refractivity contribution in [2.24, 2.45) is 0 Å². The number of ether oxygens (including phenoxy) is 1. The van der Waals surface area contributed by atoms with Crippen LogP contribution in [0, 0.1) is 0 Å². The number of hydrogen-bond donors (Lipinski definition) is 1. The second-order valence-electron chi connectivity index (χ2n) is 11.2. The first-order valence-electron chi connectivity index (χ1n) is 13.5. The highest BCUT2D eigenvalue weighted by Crippen LogP contribution is 2.44. The summed E-state index contributed by atoms with van der Waals surface area (Å²) >= 11 is 3.57. The third-order valence-corrected chi connectivity index (χ3v) is 8.66. The molecule has 0 radical (unpaired) electrons. The van der Waals surface area contributed by atoms with Crippen LogP contribution in [0.25, 0.3) is 17.2 Å². The van der Waals surface area contributed by atoms with E-state index in [0.29, 0.717) is 0 Å². The fourth-order valence-electron chi connectivity index (χ4n) is 5.24. The Morgan fingerprint density at radius 2 is 1.56 bits per heavy atom. The molecule has 1 aliphatic carbocycles. The molecule has 5 nitrogen and oxygen atoms in total. The first kappa shape index (κ1) is 27.7. The van der Waals surface area contributed by atoms with Crippen molar-refractivity contribution >= 4 is 35.2 Å². The normalized spacial score (nSPS) is 17.6. The smallest absolute Gasteiger partial charge is 0.449 e. The molecule has 1 saturated heterocycles. The summed E-state index contributed by atoms with van der Waals surface area (Å²) in [5.41, 5.74) is 6.89. The number of amides is 1. The van der Waals surface area contributed by atoms with Crippen LogP contribution in [0.15, 0.2) is 76.7 Å². The van der Waals surface area contributed by atoms with E-state index < -0.39 is 24.4 Å². The lowest BCUT2D eigenvalue weighted by molar-refractivity contribution is 0.00578. The van der Waals surface area contributed by atoms with Crippen molar-refractivity contribution in [3.63, 3.8) is 0 Å². The predicted molar refractivity (Wildman–Crippen MR) is 161 cm³/mol. The Balaban J connectivity index is 1.32. The summed E-state index contributed by atoms with van der Waals surface area (Å²) in [5, 5.41) is 2.96. The largest absolute Gasteiger partial charge is 0.492 e. The summed E-state index contributed by atoms with van der Waals surface area (Å²) < 4.78 is 19.5. The van der Waals surface area contributed by atoms with Gasteiger partial charge in [0, 0.05) is 16.9 Å². The molecule has 39 heavy (non-hydrogen) atoms. The van der Waals surface area contributed by atoms with Crippen LogP contribution < -0.4 is 5.32 Å². The highest BCUT2D eigenvalue weighted by atomic mass is 79.9. The summed E-state index contributed by atoms with van der Waals surface area (Å²) in [5.74, 6) is 0.0103. The van der Waals surface area contributed by atoms with E-state index in [4.69, 9.17) is 14.0 Å². The third kappa shape index (κ3) is 5.58. The van der Waals surface area contributed by atoms with Gasteiger partial charge in [-0.25, -0.2) is 4.79 Å². The van der Waals surface area contributed by atoms with Crippen molar-refractivity contribution in [3.8, 4) is 11.1 Å². The Hall–Kier alpha value is -2.87. The zero-order valence-corrected chi connectivity index (χ0v) is 24.8. The number of fused-ring (bicyclic) bond motifs is 3. The molecule has 1 aliphatic heterocycles. The van der Waals surface area contributed by atoms with E-state index in [9.17, 15) is 4.79 Å². The van der Waals surface area contributed by atoms with Gasteiger partial charge in [-0.1, -0.05) is 83.5 Å². The van der Waals surface area contributed by atoms with Gasteiger partial charge in [-0.05, 0) is 85.1 Å². The van der Waals surface area contributed by atoms with E-state index in [1.165, 1.54) is 27.8 Å². The number of alkyl carbamates (subject to hydrolysis) is 1. The number of carbonyl (C=O) groups excluding carboxylic acids is 1. The number of hydrogen-bond acceptors (Lipinski definition) is 4. The van der Waals surface area contributed by atoms with Crippen molar-refractivity contribution in [2.45, 2.75) is 58.2 Å². The SMILES string of the molecule is CCc1cc(Br)ccc1C=C(CNC(=O)OCC1c2ccccc2-c2ccccc21)B1OC(C)(C)C(C)(C)O1. The van der Waals surface area contributed by atoms with Crippen LogP contribution in [0.4, 0.5) is 4.79 Å². The van der Waals surface area contributed by atoms with Gasteiger partial charge in [0.2, 0.25) is 0 Å². The maximum Gasteiger partial charge on any atom is 0.492 e. The molecule has 2 aliphatic rings. The van der Waals surface area contributed by atoms with Gasteiger partial charge >= 0.3 is 13.2 Å². The molecule has 1 amide bonds. The van der Waals surface area contributed by atoms with Gasteiger partial charge in [0.15, 0.2) is 0 Å². The summed E-state index contributed by atoms with van der Waals surface area (Å²) in [6, 6.07) is 22.9. The summed E-state index contributed by atoms with van der Waals surface area (Å²) in [4.78, 5) is 13.0. The molecule has 1 fully saturated rings. The molecule has 0 atom stereocenters. The fraction of sp³-hybridized carbons (Fsp3) is 0.344. The Morgan fingerprint density at radius 3 is 2.15 bits per heavy atom. The topological polar surface area (TPSA) is 56.8 Å². The second kappa shape index (κ2) is 11.0. The summed E-state index contributed by atoms with van der Waals surface area (Å²) in [7, 11) is -0.586. The number of benzene rings is 3. The molecular weight excluding hydrogens is 553 g/mol. The standard InChI is InChI=1S/C32H35BBrNO4/c1-6-21-18-24(34)16-15-22(21)17-23(33-38-31(2,3)32(4,5)39-33)19-35-30(36)37-20-29-27-13-9-7-11-25(27)26-12-8-10-14-28(26)29/h7-18,29H,6,19-20H2,1-5H3,(H,35,36). The van der Waals surface area contributed by atoms with Crippen LogP contribution in [-0.2, 0) is 20.5 Å². The molecule has 5 rings (SSSR count). The average Bonchev–Trinajstić information content (AvgIpc) is 3.34. The molecule has 1 heterocycles. The predicted octanol–water partition coefficient (Wildman–Crippen LogP) is 7.57. The van der Waals surface area contributed by atoms with E-state index >= 15 is 0 Å². The quantitative estimate of drug-likeness (QED) is 0.290. The third-order valence-electron chi connectivity index (χ3n) is 8.16. The second-order valence-corrected chi connectivity index (χ2v) is 12.1. The van der Waals surface area contributed by atoms with Gasteiger partial charge in [-0.2, -0.15) is 0 Å². The minimum Gasteiger partial charge on any atom is -0.449 e. The molecule has 7 heteroatoms. The molecule has 0 saturated carbocycles. The number of carbonyl (C=O) groups is 1. The van der Waals surface area contributed by atoms with Crippen molar-refractivity contribution in [3.05, 3.63) is 98.9 Å². The molecule has 3 aromatic rings. The monoisotopic (exact) mass is 587 g/mol. The van der Waals surface area contributed by atoms with Crippen molar-refractivity contribution < 1.29 is 18.8 Å². The van der Waals surface area contributed by atoms with E-state index in [1.54, 1.807) is 0 Å². The van der Waals surface area contributed by atoms with Gasteiger partial charge in [0.25, 0.3) is 0 Å². The molecule has 0 unspecified atom stereocenters. The Bertz CT molecular complexity index is 1360. The number of halogens is 1. The van der Waals surface area contributed by atoms with Gasteiger partial charge in [0.1, 0.15) is 6.61 Å². The van der Waals surface area contributed by atoms with E-state index in [-0.39, 0.29) is 19.1 Å². The van der Waals surface area contributed by atoms with Crippen LogP contribution in [0.1, 0.15) is 62.8 Å². The maximum atomic E-state index is 13.0. The highest BCUT2D eigenvalue weighted by molar-refractivity contribution is 9.10. The molecule has 202 valence electrons. The van der Waals surface area contributed by atoms with E-state index in [1.807, 2.05) is 58.0 Å². The molecule has 0 bridgehead atoms. The van der Waals surface area contributed by atoms with E-state index in [0.717, 1.165) is 21.9 Å². The van der Waals surface area contributed by atoms with E-state index in [2.05, 4.69) is 70.6 Å². The summed E-state index contributed by atoms with van der Waals surface area (Å²) in [6.45, 7) is 10.8. The zero-order chi connectivity index (χ0) is 27.8. The minimum absolute atomic E-state index is 0.0103. The van der Waals surface area contributed by atoms with Gasteiger partial charge in [-0.15, -0.1) is 0 Å². The van der Waals surface area contributed by atoms with Crippen LogP contribution in [0.2, 0.25) is 0 Å². The highest BCUT2D eigenvalue weighted by Gasteiger charge is 2.52. The first-order chi connectivity index (χ1) is 18.6. The zero-order valence-electron chi connectivity index (χ0n) is 23.2. The van der Waals surface area contributed by atoms with Gasteiger partial charge in [0.05, 0.1) is 11.2 Å². The average molecular weight is 588 g/mol. The van der Waals surface area contributed by atoms with Gasteiger partial charge in [-0.3, -0.25) is 0 Å². The van der Waals surface area contributed by atoms with Gasteiger partial charge < -0.3 is 19.4 Å². The molecule has 3 aromatic carbocycles.